The summed E-state index contributed by atoms with van der Waals surface area (Å²) in [5.41, 5.74) is 1.18. The van der Waals surface area contributed by atoms with Gasteiger partial charge in [0.1, 0.15) is 5.82 Å². The molecule has 2 atom stereocenters. The zero-order valence-electron chi connectivity index (χ0n) is 11.2. The third-order valence-corrected chi connectivity index (χ3v) is 5.61. The van der Waals surface area contributed by atoms with Crippen molar-refractivity contribution in [3.63, 3.8) is 0 Å². The molecule has 3 rings (SSSR count). The predicted molar refractivity (Wildman–Crippen MR) is 79.8 cm³/mol. The average molecular weight is 326 g/mol. The van der Waals surface area contributed by atoms with Gasteiger partial charge in [0.05, 0.1) is 0 Å². The van der Waals surface area contributed by atoms with E-state index in [-0.39, 0.29) is 5.82 Å². The van der Waals surface area contributed by atoms with Gasteiger partial charge >= 0.3 is 0 Å². The summed E-state index contributed by atoms with van der Waals surface area (Å²) in [4.78, 5) is 0. The fourth-order valence-electron chi connectivity index (χ4n) is 3.95. The molecule has 1 aliphatic heterocycles. The molecule has 1 N–H and O–H groups in total. The van der Waals surface area contributed by atoms with Crippen molar-refractivity contribution in [2.24, 2.45) is 11.8 Å². The highest BCUT2D eigenvalue weighted by Gasteiger charge is 2.34. The van der Waals surface area contributed by atoms with E-state index in [1.807, 2.05) is 6.07 Å². The minimum Gasteiger partial charge on any atom is -0.316 e. The second-order valence-electron chi connectivity index (χ2n) is 5.97. The molecule has 104 valence electrons. The smallest absolute Gasteiger partial charge is 0.123 e. The lowest BCUT2D eigenvalue weighted by Gasteiger charge is -2.37. The second kappa shape index (κ2) is 5.92. The normalized spacial score (nSPS) is 28.7. The minimum atomic E-state index is -0.109. The molecule has 2 fully saturated rings. The van der Waals surface area contributed by atoms with Gasteiger partial charge in [-0.1, -0.05) is 41.6 Å². The lowest BCUT2D eigenvalue weighted by Crippen LogP contribution is -2.39. The van der Waals surface area contributed by atoms with Gasteiger partial charge in [0.15, 0.2) is 0 Å². The van der Waals surface area contributed by atoms with Crippen LogP contribution in [-0.2, 0) is 0 Å². The van der Waals surface area contributed by atoms with Gasteiger partial charge < -0.3 is 5.32 Å². The largest absolute Gasteiger partial charge is 0.316 e. The van der Waals surface area contributed by atoms with Gasteiger partial charge in [-0.25, -0.2) is 4.39 Å². The molecule has 0 aromatic heterocycles. The lowest BCUT2D eigenvalue weighted by atomic mass is 9.73. The highest BCUT2D eigenvalue weighted by atomic mass is 79.9. The van der Waals surface area contributed by atoms with Gasteiger partial charge in [-0.15, -0.1) is 0 Å². The van der Waals surface area contributed by atoms with Crippen LogP contribution in [0, 0.1) is 17.7 Å². The van der Waals surface area contributed by atoms with E-state index >= 15 is 0 Å². The summed E-state index contributed by atoms with van der Waals surface area (Å²) in [6.45, 7) is 2.15. The third kappa shape index (κ3) is 2.87. The summed E-state index contributed by atoms with van der Waals surface area (Å²) in [5, 5.41) is 3.54. The Kier molecular flexibility index (Phi) is 4.23. The summed E-state index contributed by atoms with van der Waals surface area (Å²) in [6, 6.07) is 5.14. The van der Waals surface area contributed by atoms with Crippen LogP contribution < -0.4 is 5.32 Å². The van der Waals surface area contributed by atoms with Gasteiger partial charge in [0.25, 0.3) is 0 Å². The monoisotopic (exact) mass is 325 g/mol. The van der Waals surface area contributed by atoms with E-state index in [1.165, 1.54) is 31.2 Å². The number of halogens is 2. The highest BCUT2D eigenvalue weighted by Crippen LogP contribution is 2.43. The maximum Gasteiger partial charge on any atom is 0.123 e. The molecule has 1 aliphatic carbocycles. The molecular weight excluding hydrogens is 305 g/mol. The number of nitrogens with one attached hydrogen (secondary N) is 1. The highest BCUT2D eigenvalue weighted by molar-refractivity contribution is 9.10. The van der Waals surface area contributed by atoms with Crippen LogP contribution in [0.2, 0.25) is 0 Å². The van der Waals surface area contributed by atoms with Crippen LogP contribution in [-0.4, -0.2) is 13.1 Å². The molecule has 2 aliphatic rings. The first-order chi connectivity index (χ1) is 9.25. The quantitative estimate of drug-likeness (QED) is 0.845. The van der Waals surface area contributed by atoms with Gasteiger partial charge in [-0.2, -0.15) is 0 Å². The maximum atomic E-state index is 13.6. The van der Waals surface area contributed by atoms with Crippen LogP contribution in [0.3, 0.4) is 0 Å². The van der Waals surface area contributed by atoms with E-state index in [4.69, 9.17) is 0 Å². The molecule has 1 aromatic rings. The van der Waals surface area contributed by atoms with Crippen LogP contribution in [0.4, 0.5) is 4.39 Å². The Balaban J connectivity index is 1.88. The molecule has 1 nitrogen and oxygen atoms in total. The van der Waals surface area contributed by atoms with Gasteiger partial charge in [-0.05, 0) is 61.0 Å². The molecule has 2 unspecified atom stereocenters. The Morgan fingerprint density at radius 3 is 2.74 bits per heavy atom. The van der Waals surface area contributed by atoms with Gasteiger partial charge in [0, 0.05) is 4.47 Å². The third-order valence-electron chi connectivity index (χ3n) is 4.89. The van der Waals surface area contributed by atoms with E-state index in [0.29, 0.717) is 11.8 Å². The van der Waals surface area contributed by atoms with Crippen molar-refractivity contribution in [3.8, 4) is 0 Å². The molecule has 0 radical (unpaired) electrons. The summed E-state index contributed by atoms with van der Waals surface area (Å²) in [6.07, 6.45) is 6.59. The number of rotatable bonds is 2. The SMILES string of the molecule is Fc1ccc(Br)c(C2CCNCC2C2CCCC2)c1. The van der Waals surface area contributed by atoms with Crippen molar-refractivity contribution in [2.45, 2.75) is 38.0 Å². The first-order valence-corrected chi connectivity index (χ1v) is 8.20. The van der Waals surface area contributed by atoms with Crippen molar-refractivity contribution in [1.82, 2.24) is 5.32 Å². The van der Waals surface area contributed by atoms with E-state index in [0.717, 1.165) is 29.9 Å². The first-order valence-electron chi connectivity index (χ1n) is 7.41. The van der Waals surface area contributed by atoms with Crippen molar-refractivity contribution >= 4 is 15.9 Å². The van der Waals surface area contributed by atoms with E-state index in [1.54, 1.807) is 12.1 Å². The molecular formula is C16H21BrFN. The van der Waals surface area contributed by atoms with E-state index in [2.05, 4.69) is 21.2 Å². The van der Waals surface area contributed by atoms with Crippen molar-refractivity contribution in [3.05, 3.63) is 34.1 Å². The Morgan fingerprint density at radius 2 is 1.95 bits per heavy atom. The van der Waals surface area contributed by atoms with Crippen LogP contribution in [0.1, 0.15) is 43.6 Å². The minimum absolute atomic E-state index is 0.109. The first kappa shape index (κ1) is 13.6. The molecule has 1 saturated carbocycles. The zero-order valence-corrected chi connectivity index (χ0v) is 12.8. The Morgan fingerprint density at radius 1 is 1.16 bits per heavy atom. The predicted octanol–water partition coefficient (Wildman–Crippen LogP) is 4.47. The van der Waals surface area contributed by atoms with Crippen LogP contribution >= 0.6 is 15.9 Å². The van der Waals surface area contributed by atoms with Crippen molar-refractivity contribution < 1.29 is 4.39 Å². The van der Waals surface area contributed by atoms with Crippen molar-refractivity contribution in [1.29, 1.82) is 0 Å². The number of hydrogen-bond acceptors (Lipinski definition) is 1. The van der Waals surface area contributed by atoms with Gasteiger partial charge in [0.2, 0.25) is 0 Å². The van der Waals surface area contributed by atoms with Gasteiger partial charge in [-0.3, -0.25) is 0 Å². The Bertz CT molecular complexity index is 442. The number of benzene rings is 1. The van der Waals surface area contributed by atoms with Crippen LogP contribution in [0.5, 0.6) is 0 Å². The molecule has 1 aromatic carbocycles. The van der Waals surface area contributed by atoms with Crippen molar-refractivity contribution in [2.75, 3.05) is 13.1 Å². The van der Waals surface area contributed by atoms with Crippen LogP contribution in [0.25, 0.3) is 0 Å². The summed E-state index contributed by atoms with van der Waals surface area (Å²) < 4.78 is 14.6. The molecule has 0 amide bonds. The number of piperidine rings is 1. The molecule has 19 heavy (non-hydrogen) atoms. The molecule has 0 bridgehead atoms. The molecule has 1 heterocycles. The summed E-state index contributed by atoms with van der Waals surface area (Å²) in [7, 11) is 0. The summed E-state index contributed by atoms with van der Waals surface area (Å²) in [5.74, 6) is 1.90. The van der Waals surface area contributed by atoms with Crippen LogP contribution in [0.15, 0.2) is 22.7 Å². The fourth-order valence-corrected chi connectivity index (χ4v) is 4.49. The molecule has 0 spiro atoms. The topological polar surface area (TPSA) is 12.0 Å². The second-order valence-corrected chi connectivity index (χ2v) is 6.83. The van der Waals surface area contributed by atoms with E-state index in [9.17, 15) is 4.39 Å². The summed E-state index contributed by atoms with van der Waals surface area (Å²) >= 11 is 3.61. The average Bonchev–Trinajstić information content (AvgIpc) is 2.95. The Labute approximate surface area is 123 Å². The molecule has 1 saturated heterocycles. The molecule has 3 heteroatoms. The number of hydrogen-bond donors (Lipinski definition) is 1. The lowest BCUT2D eigenvalue weighted by molar-refractivity contribution is 0.230. The maximum absolute atomic E-state index is 13.6. The standard InChI is InChI=1S/C16H21BrFN/c17-16-6-5-12(18)9-14(16)13-7-8-19-10-15(13)11-3-1-2-4-11/h5-6,9,11,13,15,19H,1-4,7-8,10H2. The fraction of sp³-hybridized carbons (Fsp3) is 0.625. The Hall–Kier alpha value is -0.410. The van der Waals surface area contributed by atoms with E-state index < -0.39 is 0 Å². The zero-order chi connectivity index (χ0) is 13.2.